The van der Waals surface area contributed by atoms with Crippen molar-refractivity contribution in [2.24, 2.45) is 0 Å². The van der Waals surface area contributed by atoms with Crippen molar-refractivity contribution < 1.29 is 8.42 Å². The maximum absolute atomic E-state index is 11.5. The van der Waals surface area contributed by atoms with Crippen molar-refractivity contribution in [2.45, 2.75) is 30.8 Å². The maximum Gasteiger partial charge on any atom is 0.175 e. The number of aromatic nitrogens is 1. The monoisotopic (exact) mass is 318 g/mol. The number of likely N-dealkylation sites (N-methyl/N-ethyl adjacent to an activating group) is 1. The third kappa shape index (κ3) is 4.64. The number of sulfone groups is 1. The summed E-state index contributed by atoms with van der Waals surface area (Å²) in [4.78, 5) is 6.96. The summed E-state index contributed by atoms with van der Waals surface area (Å²) in [5.41, 5.74) is 2.18. The highest BCUT2D eigenvalue weighted by Gasteiger charge is 2.12. The molecule has 0 aliphatic rings. The lowest BCUT2D eigenvalue weighted by atomic mass is 10.1. The van der Waals surface area contributed by atoms with Gasteiger partial charge in [0.25, 0.3) is 0 Å². The Morgan fingerprint density at radius 1 is 1.14 bits per heavy atom. The van der Waals surface area contributed by atoms with E-state index in [1.165, 1.54) is 6.26 Å². The van der Waals surface area contributed by atoms with Crippen molar-refractivity contribution in [1.29, 1.82) is 0 Å². The summed E-state index contributed by atoms with van der Waals surface area (Å²) >= 11 is 0. The molecule has 1 aromatic carbocycles. The van der Waals surface area contributed by atoms with Gasteiger partial charge in [-0.25, -0.2) is 8.42 Å². The molecular weight excluding hydrogens is 296 g/mol. The highest BCUT2D eigenvalue weighted by atomic mass is 32.2. The summed E-state index contributed by atoms with van der Waals surface area (Å²) in [5, 5.41) is 0. The quantitative estimate of drug-likeness (QED) is 0.821. The second kappa shape index (κ2) is 7.03. The third-order valence-electron chi connectivity index (χ3n) is 3.77. The van der Waals surface area contributed by atoms with E-state index >= 15 is 0 Å². The van der Waals surface area contributed by atoms with Crippen molar-refractivity contribution >= 4 is 9.84 Å². The summed E-state index contributed by atoms with van der Waals surface area (Å²) in [6.45, 7) is 2.94. The lowest BCUT2D eigenvalue weighted by Gasteiger charge is -2.24. The van der Waals surface area contributed by atoms with Crippen LogP contribution in [0.2, 0.25) is 0 Å². The minimum atomic E-state index is -3.13. The molecule has 0 saturated heterocycles. The minimum Gasteiger partial charge on any atom is -0.299 e. The molecule has 0 amide bonds. The average molecular weight is 318 g/mol. The molecule has 1 heterocycles. The molecule has 1 atom stereocenters. The van der Waals surface area contributed by atoms with E-state index in [0.29, 0.717) is 10.9 Å². The first kappa shape index (κ1) is 16.6. The highest BCUT2D eigenvalue weighted by Crippen LogP contribution is 2.13. The van der Waals surface area contributed by atoms with E-state index in [1.54, 1.807) is 12.1 Å². The van der Waals surface area contributed by atoms with Crippen molar-refractivity contribution in [3.63, 3.8) is 0 Å². The fourth-order valence-corrected chi connectivity index (χ4v) is 2.89. The van der Waals surface area contributed by atoms with Gasteiger partial charge in [-0.1, -0.05) is 18.2 Å². The van der Waals surface area contributed by atoms with Crippen molar-refractivity contribution in [3.8, 4) is 0 Å². The topological polar surface area (TPSA) is 50.3 Å². The normalized spacial score (nSPS) is 13.3. The Morgan fingerprint density at radius 2 is 1.82 bits per heavy atom. The smallest absolute Gasteiger partial charge is 0.175 e. The van der Waals surface area contributed by atoms with Crippen LogP contribution in [0.15, 0.2) is 53.6 Å². The first-order valence-corrected chi connectivity index (χ1v) is 9.14. The maximum atomic E-state index is 11.5. The van der Waals surface area contributed by atoms with Gasteiger partial charge in [-0.15, -0.1) is 0 Å². The number of rotatable bonds is 6. The Balaban J connectivity index is 1.98. The Kier molecular flexibility index (Phi) is 5.32. The molecular formula is C17H22N2O2S. The van der Waals surface area contributed by atoms with Gasteiger partial charge in [0.1, 0.15) is 0 Å². The summed E-state index contributed by atoms with van der Waals surface area (Å²) in [5.74, 6) is 0. The molecule has 0 N–H and O–H groups in total. The molecule has 5 heteroatoms. The van der Waals surface area contributed by atoms with Crippen LogP contribution >= 0.6 is 0 Å². The van der Waals surface area contributed by atoms with Gasteiger partial charge in [-0.3, -0.25) is 9.88 Å². The standard InChI is InChI=1S/C17H22N2O2S/c1-14(12-16-6-4-5-11-18-16)19(2)13-15-7-9-17(10-8-15)22(3,20)21/h4-11,14H,12-13H2,1-3H3. The molecule has 0 radical (unpaired) electrons. The Bertz CT molecular complexity index is 697. The Morgan fingerprint density at radius 3 is 2.36 bits per heavy atom. The summed E-state index contributed by atoms with van der Waals surface area (Å²) in [7, 11) is -1.06. The van der Waals surface area contributed by atoms with Crippen LogP contribution in [0.1, 0.15) is 18.2 Å². The fraction of sp³-hybridized carbons (Fsp3) is 0.353. The first-order valence-electron chi connectivity index (χ1n) is 7.25. The molecule has 0 aliphatic heterocycles. The lowest BCUT2D eigenvalue weighted by Crippen LogP contribution is -2.30. The SMILES string of the molecule is CC(Cc1ccccn1)N(C)Cc1ccc(S(C)(=O)=O)cc1. The fourth-order valence-electron chi connectivity index (χ4n) is 2.26. The van der Waals surface area contributed by atoms with E-state index in [1.807, 2.05) is 36.5 Å². The summed E-state index contributed by atoms with van der Waals surface area (Å²) in [6.07, 6.45) is 3.92. The predicted molar refractivity (Wildman–Crippen MR) is 88.4 cm³/mol. The van der Waals surface area contributed by atoms with Crippen LogP contribution in [0.4, 0.5) is 0 Å². The molecule has 0 bridgehead atoms. The molecule has 2 rings (SSSR count). The molecule has 0 fully saturated rings. The van der Waals surface area contributed by atoms with Gasteiger partial charge in [-0.05, 0) is 43.8 Å². The van der Waals surface area contributed by atoms with Crippen LogP contribution < -0.4 is 0 Å². The second-order valence-electron chi connectivity index (χ2n) is 5.71. The zero-order valence-corrected chi connectivity index (χ0v) is 14.0. The van der Waals surface area contributed by atoms with E-state index in [2.05, 4.69) is 23.9 Å². The van der Waals surface area contributed by atoms with Crippen LogP contribution in [0.25, 0.3) is 0 Å². The summed E-state index contributed by atoms with van der Waals surface area (Å²) < 4.78 is 22.9. The van der Waals surface area contributed by atoms with E-state index in [9.17, 15) is 8.42 Å². The summed E-state index contributed by atoms with van der Waals surface area (Å²) in [6, 6.07) is 13.4. The van der Waals surface area contributed by atoms with E-state index < -0.39 is 9.84 Å². The molecule has 1 aromatic heterocycles. The number of hydrogen-bond donors (Lipinski definition) is 0. The zero-order chi connectivity index (χ0) is 16.2. The van der Waals surface area contributed by atoms with Crippen molar-refractivity contribution in [3.05, 3.63) is 59.9 Å². The molecule has 118 valence electrons. The van der Waals surface area contributed by atoms with Gasteiger partial charge in [0.05, 0.1) is 4.90 Å². The van der Waals surface area contributed by atoms with Crippen LogP contribution in [0.3, 0.4) is 0 Å². The molecule has 1 unspecified atom stereocenters. The third-order valence-corrected chi connectivity index (χ3v) is 4.90. The predicted octanol–water partition coefficient (Wildman–Crippen LogP) is 2.55. The van der Waals surface area contributed by atoms with Crippen molar-refractivity contribution in [2.75, 3.05) is 13.3 Å². The average Bonchev–Trinajstić information content (AvgIpc) is 2.48. The Labute approximate surface area is 132 Å². The second-order valence-corrected chi connectivity index (χ2v) is 7.72. The molecule has 2 aromatic rings. The largest absolute Gasteiger partial charge is 0.299 e. The van der Waals surface area contributed by atoms with Gasteiger partial charge < -0.3 is 0 Å². The highest BCUT2D eigenvalue weighted by molar-refractivity contribution is 7.90. The molecule has 0 spiro atoms. The van der Waals surface area contributed by atoms with Crippen molar-refractivity contribution in [1.82, 2.24) is 9.88 Å². The van der Waals surface area contributed by atoms with Gasteiger partial charge in [0.15, 0.2) is 9.84 Å². The zero-order valence-electron chi connectivity index (χ0n) is 13.2. The number of pyridine rings is 1. The number of nitrogens with zero attached hydrogens (tertiary/aromatic N) is 2. The molecule has 0 saturated carbocycles. The van der Waals surface area contributed by atoms with Crippen LogP contribution in [-0.4, -0.2) is 37.6 Å². The van der Waals surface area contributed by atoms with Gasteiger partial charge in [0, 0.05) is 37.2 Å². The molecule has 22 heavy (non-hydrogen) atoms. The number of benzene rings is 1. The van der Waals surface area contributed by atoms with Crippen LogP contribution in [-0.2, 0) is 22.8 Å². The molecule has 4 nitrogen and oxygen atoms in total. The van der Waals surface area contributed by atoms with Crippen LogP contribution in [0.5, 0.6) is 0 Å². The first-order chi connectivity index (χ1) is 10.4. The van der Waals surface area contributed by atoms with Gasteiger partial charge >= 0.3 is 0 Å². The van der Waals surface area contributed by atoms with E-state index in [-0.39, 0.29) is 0 Å². The van der Waals surface area contributed by atoms with E-state index in [4.69, 9.17) is 0 Å². The van der Waals surface area contributed by atoms with E-state index in [0.717, 1.165) is 24.2 Å². The lowest BCUT2D eigenvalue weighted by molar-refractivity contribution is 0.247. The Hall–Kier alpha value is -1.72. The minimum absolute atomic E-state index is 0.351. The number of hydrogen-bond acceptors (Lipinski definition) is 4. The van der Waals surface area contributed by atoms with Gasteiger partial charge in [-0.2, -0.15) is 0 Å². The molecule has 0 aliphatic carbocycles. The van der Waals surface area contributed by atoms with Gasteiger partial charge in [0.2, 0.25) is 0 Å². The van der Waals surface area contributed by atoms with Crippen LogP contribution in [0, 0.1) is 0 Å².